The minimum absolute atomic E-state index is 0.00387. The lowest BCUT2D eigenvalue weighted by Gasteiger charge is -2.35. The van der Waals surface area contributed by atoms with Gasteiger partial charge in [-0.2, -0.15) is 0 Å². The fourth-order valence-corrected chi connectivity index (χ4v) is 2.91. The van der Waals surface area contributed by atoms with Crippen molar-refractivity contribution >= 4 is 5.97 Å². The summed E-state index contributed by atoms with van der Waals surface area (Å²) in [7, 11) is 0. The second-order valence-electron chi connectivity index (χ2n) is 6.14. The monoisotopic (exact) mass is 290 g/mol. The predicted octanol–water partition coefficient (Wildman–Crippen LogP) is 2.35. The highest BCUT2D eigenvalue weighted by Gasteiger charge is 2.25. The van der Waals surface area contributed by atoms with Crippen LogP contribution in [-0.2, 0) is 11.3 Å². The molecule has 0 aromatic heterocycles. The number of nitrogens with zero attached hydrogens (tertiary/aromatic N) is 1. The number of hydrogen-bond acceptors (Lipinski definition) is 3. The summed E-state index contributed by atoms with van der Waals surface area (Å²) in [5.74, 6) is -1.08. The van der Waals surface area contributed by atoms with Crippen molar-refractivity contribution in [2.75, 3.05) is 13.1 Å². The molecule has 0 spiro atoms. The van der Waals surface area contributed by atoms with Crippen LogP contribution in [0.3, 0.4) is 0 Å². The molecular formula is C17H26N2O2. The Morgan fingerprint density at radius 3 is 2.76 bits per heavy atom. The lowest BCUT2D eigenvalue weighted by molar-refractivity contribution is -0.142. The van der Waals surface area contributed by atoms with Gasteiger partial charge in [0.1, 0.15) is 0 Å². The van der Waals surface area contributed by atoms with E-state index in [1.165, 1.54) is 12.0 Å². The van der Waals surface area contributed by atoms with Crippen LogP contribution in [-0.4, -0.2) is 41.1 Å². The van der Waals surface area contributed by atoms with Crippen LogP contribution in [0.25, 0.3) is 0 Å². The Labute approximate surface area is 127 Å². The number of aliphatic carboxylic acids is 1. The second-order valence-corrected chi connectivity index (χ2v) is 6.14. The standard InChI is InChI=1S/C17H26N2O2/c1-13(17(20)21)14(2)18-16-9-6-10-19(12-16)11-15-7-4-3-5-8-15/h3-5,7-8,13-14,16,18H,6,9-12H2,1-2H3,(H,20,21). The Bertz CT molecular complexity index is 449. The molecule has 4 nitrogen and oxygen atoms in total. The Balaban J connectivity index is 1.84. The van der Waals surface area contributed by atoms with Gasteiger partial charge in [0.05, 0.1) is 5.92 Å². The van der Waals surface area contributed by atoms with Gasteiger partial charge in [-0.15, -0.1) is 0 Å². The molecule has 3 atom stereocenters. The molecule has 1 aliphatic heterocycles. The number of carbonyl (C=O) groups is 1. The minimum Gasteiger partial charge on any atom is -0.481 e. The number of hydrogen-bond donors (Lipinski definition) is 2. The highest BCUT2D eigenvalue weighted by atomic mass is 16.4. The molecule has 1 saturated heterocycles. The van der Waals surface area contributed by atoms with E-state index in [9.17, 15) is 4.79 Å². The molecule has 1 aromatic rings. The molecule has 0 amide bonds. The molecule has 2 rings (SSSR count). The number of carboxylic acid groups (broad SMARTS) is 1. The van der Waals surface area contributed by atoms with E-state index in [-0.39, 0.29) is 12.0 Å². The highest BCUT2D eigenvalue weighted by molar-refractivity contribution is 5.70. The number of likely N-dealkylation sites (tertiary alicyclic amines) is 1. The zero-order chi connectivity index (χ0) is 15.2. The summed E-state index contributed by atoms with van der Waals surface area (Å²) in [5, 5.41) is 12.6. The Hall–Kier alpha value is -1.39. The molecule has 1 fully saturated rings. The maximum absolute atomic E-state index is 11.0. The summed E-state index contributed by atoms with van der Waals surface area (Å²) in [5.41, 5.74) is 1.34. The predicted molar refractivity (Wildman–Crippen MR) is 84.1 cm³/mol. The topological polar surface area (TPSA) is 52.6 Å². The zero-order valence-corrected chi connectivity index (χ0v) is 13.0. The summed E-state index contributed by atoms with van der Waals surface area (Å²) in [4.78, 5) is 13.5. The fourth-order valence-electron chi connectivity index (χ4n) is 2.91. The SMILES string of the molecule is CC(NC1CCCN(Cc2ccccc2)C1)C(C)C(=O)O. The Morgan fingerprint density at radius 1 is 1.38 bits per heavy atom. The summed E-state index contributed by atoms with van der Waals surface area (Å²) in [6.07, 6.45) is 2.29. The molecule has 21 heavy (non-hydrogen) atoms. The normalized spacial score (nSPS) is 22.7. The highest BCUT2D eigenvalue weighted by Crippen LogP contribution is 2.15. The van der Waals surface area contributed by atoms with Gasteiger partial charge in [-0.05, 0) is 31.9 Å². The van der Waals surface area contributed by atoms with Crippen molar-refractivity contribution in [1.29, 1.82) is 0 Å². The van der Waals surface area contributed by atoms with Gasteiger partial charge in [0.2, 0.25) is 0 Å². The van der Waals surface area contributed by atoms with Crippen LogP contribution in [0.2, 0.25) is 0 Å². The van der Waals surface area contributed by atoms with E-state index < -0.39 is 5.97 Å². The average Bonchev–Trinajstić information content (AvgIpc) is 2.47. The quantitative estimate of drug-likeness (QED) is 0.844. The van der Waals surface area contributed by atoms with Crippen LogP contribution >= 0.6 is 0 Å². The molecule has 0 radical (unpaired) electrons. The van der Waals surface area contributed by atoms with Crippen molar-refractivity contribution in [2.24, 2.45) is 5.92 Å². The first-order valence-corrected chi connectivity index (χ1v) is 7.81. The van der Waals surface area contributed by atoms with Crippen molar-refractivity contribution in [3.63, 3.8) is 0 Å². The number of benzene rings is 1. The molecule has 3 unspecified atom stereocenters. The third-order valence-corrected chi connectivity index (χ3v) is 4.39. The molecule has 0 saturated carbocycles. The molecule has 0 bridgehead atoms. The number of nitrogens with one attached hydrogen (secondary N) is 1. The van der Waals surface area contributed by atoms with Crippen molar-refractivity contribution in [2.45, 2.75) is 45.3 Å². The van der Waals surface area contributed by atoms with Gasteiger partial charge < -0.3 is 10.4 Å². The van der Waals surface area contributed by atoms with Crippen LogP contribution in [0.1, 0.15) is 32.3 Å². The Kier molecular flexibility index (Phi) is 5.76. The maximum atomic E-state index is 11.0. The van der Waals surface area contributed by atoms with Crippen LogP contribution < -0.4 is 5.32 Å². The van der Waals surface area contributed by atoms with Gasteiger partial charge in [-0.3, -0.25) is 9.69 Å². The maximum Gasteiger partial charge on any atom is 0.307 e. The van der Waals surface area contributed by atoms with Crippen LogP contribution in [0.4, 0.5) is 0 Å². The zero-order valence-electron chi connectivity index (χ0n) is 13.0. The van der Waals surface area contributed by atoms with E-state index in [2.05, 4.69) is 34.5 Å². The van der Waals surface area contributed by atoms with Crippen LogP contribution in [0.5, 0.6) is 0 Å². The molecule has 116 valence electrons. The van der Waals surface area contributed by atoms with Crippen LogP contribution in [0.15, 0.2) is 30.3 Å². The van der Waals surface area contributed by atoms with Crippen molar-refractivity contribution in [3.05, 3.63) is 35.9 Å². The van der Waals surface area contributed by atoms with E-state index in [4.69, 9.17) is 5.11 Å². The van der Waals surface area contributed by atoms with Gasteiger partial charge in [0, 0.05) is 25.2 Å². The van der Waals surface area contributed by atoms with Gasteiger partial charge in [0.15, 0.2) is 0 Å². The smallest absolute Gasteiger partial charge is 0.307 e. The minimum atomic E-state index is -0.730. The first-order valence-electron chi connectivity index (χ1n) is 7.81. The van der Waals surface area contributed by atoms with Gasteiger partial charge in [0.25, 0.3) is 0 Å². The van der Waals surface area contributed by atoms with E-state index in [0.717, 1.165) is 26.1 Å². The lowest BCUT2D eigenvalue weighted by Crippen LogP contribution is -2.50. The van der Waals surface area contributed by atoms with Gasteiger partial charge in [-0.25, -0.2) is 0 Å². The van der Waals surface area contributed by atoms with E-state index in [1.54, 1.807) is 6.92 Å². The van der Waals surface area contributed by atoms with Crippen molar-refractivity contribution < 1.29 is 9.90 Å². The first-order chi connectivity index (χ1) is 10.1. The van der Waals surface area contributed by atoms with E-state index in [0.29, 0.717) is 6.04 Å². The van der Waals surface area contributed by atoms with Crippen molar-refractivity contribution in [1.82, 2.24) is 10.2 Å². The third kappa shape index (κ3) is 4.83. The molecule has 0 aliphatic carbocycles. The summed E-state index contributed by atoms with van der Waals surface area (Å²) >= 11 is 0. The van der Waals surface area contributed by atoms with Gasteiger partial charge in [-0.1, -0.05) is 37.3 Å². The third-order valence-electron chi connectivity index (χ3n) is 4.39. The summed E-state index contributed by atoms with van der Waals surface area (Å²) in [6.45, 7) is 6.82. The molecule has 1 aromatic carbocycles. The molecular weight excluding hydrogens is 264 g/mol. The molecule has 1 heterocycles. The van der Waals surface area contributed by atoms with E-state index in [1.807, 2.05) is 13.0 Å². The average molecular weight is 290 g/mol. The molecule has 1 aliphatic rings. The summed E-state index contributed by atoms with van der Waals surface area (Å²) < 4.78 is 0. The Morgan fingerprint density at radius 2 is 2.10 bits per heavy atom. The van der Waals surface area contributed by atoms with Crippen molar-refractivity contribution in [3.8, 4) is 0 Å². The van der Waals surface area contributed by atoms with Gasteiger partial charge >= 0.3 is 5.97 Å². The largest absolute Gasteiger partial charge is 0.481 e. The molecule has 4 heteroatoms. The number of carboxylic acids is 1. The van der Waals surface area contributed by atoms with E-state index >= 15 is 0 Å². The molecule has 2 N–H and O–H groups in total. The number of piperidine rings is 1. The fraction of sp³-hybridized carbons (Fsp3) is 0.588. The number of rotatable bonds is 6. The summed E-state index contributed by atoms with van der Waals surface area (Å²) in [6, 6.07) is 10.9. The first kappa shape index (κ1) is 16.0. The second kappa shape index (κ2) is 7.57. The van der Waals surface area contributed by atoms with Crippen LogP contribution in [0, 0.1) is 5.92 Å². The lowest BCUT2D eigenvalue weighted by atomic mass is 9.99.